The number of rotatable bonds is 5. The molecule has 1 aromatic heterocycles. The van der Waals surface area contributed by atoms with E-state index >= 15 is 0 Å². The summed E-state index contributed by atoms with van der Waals surface area (Å²) >= 11 is 0. The maximum absolute atomic E-state index is 12.3. The van der Waals surface area contributed by atoms with Crippen molar-refractivity contribution in [2.75, 3.05) is 19.5 Å². The van der Waals surface area contributed by atoms with Crippen LogP contribution in [0.1, 0.15) is 0 Å². The zero-order valence-electron chi connectivity index (χ0n) is 12.8. The highest BCUT2D eigenvalue weighted by molar-refractivity contribution is 5.93. The van der Waals surface area contributed by atoms with E-state index in [1.165, 1.54) is 0 Å². The minimum Gasteiger partial charge on any atom is -0.497 e. The normalized spacial score (nSPS) is 10.5. The molecular formula is C16H16N4O3. The van der Waals surface area contributed by atoms with E-state index in [-0.39, 0.29) is 12.5 Å². The van der Waals surface area contributed by atoms with E-state index in [0.717, 1.165) is 11.0 Å². The molecule has 118 valence electrons. The van der Waals surface area contributed by atoms with Gasteiger partial charge in [0.2, 0.25) is 5.91 Å². The van der Waals surface area contributed by atoms with Crippen molar-refractivity contribution in [1.82, 2.24) is 15.0 Å². The van der Waals surface area contributed by atoms with Crippen molar-refractivity contribution in [3.63, 3.8) is 0 Å². The van der Waals surface area contributed by atoms with Gasteiger partial charge in [-0.3, -0.25) is 4.79 Å². The molecule has 3 rings (SSSR count). The molecule has 1 amide bonds. The summed E-state index contributed by atoms with van der Waals surface area (Å²) < 4.78 is 12.0. The predicted octanol–water partition coefficient (Wildman–Crippen LogP) is 2.09. The minimum absolute atomic E-state index is 0.0564. The van der Waals surface area contributed by atoms with Crippen LogP contribution in [0.4, 0.5) is 5.69 Å². The summed E-state index contributed by atoms with van der Waals surface area (Å²) in [7, 11) is 3.11. The van der Waals surface area contributed by atoms with E-state index in [0.29, 0.717) is 17.2 Å². The lowest BCUT2D eigenvalue weighted by molar-refractivity contribution is -0.116. The number of methoxy groups -OCH3 is 2. The Kier molecular flexibility index (Phi) is 4.09. The number of fused-ring (bicyclic) bond motifs is 1. The van der Waals surface area contributed by atoms with Gasteiger partial charge in [-0.05, 0) is 24.3 Å². The molecule has 0 spiro atoms. The molecule has 7 nitrogen and oxygen atoms in total. The molecule has 0 bridgehead atoms. The summed E-state index contributed by atoms with van der Waals surface area (Å²) in [4.78, 5) is 12.3. The van der Waals surface area contributed by atoms with Crippen LogP contribution in [0.3, 0.4) is 0 Å². The zero-order chi connectivity index (χ0) is 16.2. The fraction of sp³-hybridized carbons (Fsp3) is 0.188. The number of hydrogen-bond acceptors (Lipinski definition) is 5. The highest BCUT2D eigenvalue weighted by atomic mass is 16.5. The summed E-state index contributed by atoms with van der Waals surface area (Å²) in [6, 6.07) is 12.7. The Morgan fingerprint density at radius 2 is 2.00 bits per heavy atom. The van der Waals surface area contributed by atoms with Crippen molar-refractivity contribution in [3.05, 3.63) is 42.5 Å². The Balaban J connectivity index is 1.79. The van der Waals surface area contributed by atoms with Crippen LogP contribution in [0.25, 0.3) is 11.0 Å². The third kappa shape index (κ3) is 3.08. The second kappa shape index (κ2) is 6.35. The number of anilines is 1. The molecule has 0 fully saturated rings. The van der Waals surface area contributed by atoms with Gasteiger partial charge in [0, 0.05) is 6.07 Å². The zero-order valence-corrected chi connectivity index (χ0v) is 12.8. The van der Waals surface area contributed by atoms with Crippen LogP contribution in [-0.2, 0) is 11.3 Å². The number of aromatic nitrogens is 3. The van der Waals surface area contributed by atoms with Crippen molar-refractivity contribution in [3.8, 4) is 11.5 Å². The number of carbonyl (C=O) groups is 1. The quantitative estimate of drug-likeness (QED) is 0.780. The number of carbonyl (C=O) groups excluding carboxylic acids is 1. The molecule has 1 N–H and O–H groups in total. The second-order valence-corrected chi connectivity index (χ2v) is 4.85. The molecule has 0 unspecified atom stereocenters. The average molecular weight is 312 g/mol. The first-order chi connectivity index (χ1) is 11.2. The van der Waals surface area contributed by atoms with E-state index in [4.69, 9.17) is 9.47 Å². The molecule has 3 aromatic rings. The maximum atomic E-state index is 12.3. The molecule has 23 heavy (non-hydrogen) atoms. The number of nitrogens with one attached hydrogen (secondary N) is 1. The van der Waals surface area contributed by atoms with Gasteiger partial charge in [0.15, 0.2) is 0 Å². The Hall–Kier alpha value is -3.09. The van der Waals surface area contributed by atoms with E-state index in [2.05, 4.69) is 15.6 Å². The first-order valence-corrected chi connectivity index (χ1v) is 7.01. The lowest BCUT2D eigenvalue weighted by Crippen LogP contribution is -2.20. The molecule has 0 aliphatic rings. The van der Waals surface area contributed by atoms with E-state index in [1.54, 1.807) is 37.1 Å². The maximum Gasteiger partial charge on any atom is 0.246 e. The fourth-order valence-electron chi connectivity index (χ4n) is 2.27. The number of hydrogen-bond donors (Lipinski definition) is 1. The van der Waals surface area contributed by atoms with E-state index < -0.39 is 0 Å². The van der Waals surface area contributed by atoms with Crippen molar-refractivity contribution < 1.29 is 14.3 Å². The van der Waals surface area contributed by atoms with Crippen LogP contribution in [0.15, 0.2) is 42.5 Å². The third-order valence-electron chi connectivity index (χ3n) is 3.39. The van der Waals surface area contributed by atoms with Gasteiger partial charge in [0.05, 0.1) is 25.4 Å². The van der Waals surface area contributed by atoms with Crippen LogP contribution in [-0.4, -0.2) is 35.1 Å². The molecule has 7 heteroatoms. The molecule has 0 aliphatic heterocycles. The summed E-state index contributed by atoms with van der Waals surface area (Å²) in [5.41, 5.74) is 2.10. The highest BCUT2D eigenvalue weighted by Crippen LogP contribution is 2.28. The molecular weight excluding hydrogens is 296 g/mol. The summed E-state index contributed by atoms with van der Waals surface area (Å²) in [6.45, 7) is 0.0564. The lowest BCUT2D eigenvalue weighted by atomic mass is 10.2. The van der Waals surface area contributed by atoms with Gasteiger partial charge in [0.25, 0.3) is 0 Å². The molecule has 0 saturated carbocycles. The molecule has 0 atom stereocenters. The van der Waals surface area contributed by atoms with E-state index in [1.807, 2.05) is 24.3 Å². The Labute approximate surface area is 132 Å². The second-order valence-electron chi connectivity index (χ2n) is 4.85. The average Bonchev–Trinajstić information content (AvgIpc) is 2.98. The topological polar surface area (TPSA) is 78.3 Å². The highest BCUT2D eigenvalue weighted by Gasteiger charge is 2.12. The number of benzene rings is 2. The van der Waals surface area contributed by atoms with Gasteiger partial charge in [0.1, 0.15) is 23.6 Å². The fourth-order valence-corrected chi connectivity index (χ4v) is 2.27. The summed E-state index contributed by atoms with van der Waals surface area (Å²) in [6.07, 6.45) is 0. The minimum atomic E-state index is -0.229. The third-order valence-corrected chi connectivity index (χ3v) is 3.39. The van der Waals surface area contributed by atoms with Gasteiger partial charge in [-0.1, -0.05) is 17.3 Å². The van der Waals surface area contributed by atoms with Crippen LogP contribution in [0, 0.1) is 0 Å². The molecule has 0 saturated heterocycles. The van der Waals surface area contributed by atoms with Gasteiger partial charge in [-0.15, -0.1) is 5.10 Å². The van der Waals surface area contributed by atoms with Gasteiger partial charge >= 0.3 is 0 Å². The number of amides is 1. The Bertz CT molecular complexity index is 844. The molecule has 0 radical (unpaired) electrons. The number of ether oxygens (including phenoxy) is 2. The van der Waals surface area contributed by atoms with Crippen LogP contribution in [0.2, 0.25) is 0 Å². The van der Waals surface area contributed by atoms with Crippen LogP contribution < -0.4 is 14.8 Å². The molecule has 2 aromatic carbocycles. The monoisotopic (exact) mass is 312 g/mol. The smallest absolute Gasteiger partial charge is 0.246 e. The van der Waals surface area contributed by atoms with Gasteiger partial charge in [-0.25, -0.2) is 4.68 Å². The van der Waals surface area contributed by atoms with Crippen molar-refractivity contribution in [1.29, 1.82) is 0 Å². The van der Waals surface area contributed by atoms with Crippen LogP contribution in [0.5, 0.6) is 11.5 Å². The van der Waals surface area contributed by atoms with Crippen molar-refractivity contribution >= 4 is 22.6 Å². The van der Waals surface area contributed by atoms with Gasteiger partial charge < -0.3 is 14.8 Å². The van der Waals surface area contributed by atoms with Crippen molar-refractivity contribution in [2.45, 2.75) is 6.54 Å². The predicted molar refractivity (Wildman–Crippen MR) is 85.7 cm³/mol. The molecule has 1 heterocycles. The van der Waals surface area contributed by atoms with Crippen molar-refractivity contribution in [2.24, 2.45) is 0 Å². The lowest BCUT2D eigenvalue weighted by Gasteiger charge is -2.11. The Morgan fingerprint density at radius 1 is 1.17 bits per heavy atom. The largest absolute Gasteiger partial charge is 0.497 e. The first kappa shape index (κ1) is 14.8. The number of para-hydroxylation sites is 1. The summed E-state index contributed by atoms with van der Waals surface area (Å²) in [5.74, 6) is 0.960. The number of nitrogens with zero attached hydrogens (tertiary/aromatic N) is 3. The Morgan fingerprint density at radius 3 is 2.78 bits per heavy atom. The van der Waals surface area contributed by atoms with Crippen LogP contribution >= 0.6 is 0 Å². The van der Waals surface area contributed by atoms with Gasteiger partial charge in [-0.2, -0.15) is 0 Å². The van der Waals surface area contributed by atoms with E-state index in [9.17, 15) is 4.79 Å². The standard InChI is InChI=1S/C16H16N4O3/c1-22-11-7-8-15(23-2)13(9-11)17-16(21)10-20-14-6-4-3-5-12(14)18-19-20/h3-9H,10H2,1-2H3,(H,17,21). The first-order valence-electron chi connectivity index (χ1n) is 7.01. The molecule has 0 aliphatic carbocycles. The summed E-state index contributed by atoms with van der Waals surface area (Å²) in [5, 5.41) is 10.8. The SMILES string of the molecule is COc1ccc(OC)c(NC(=O)Cn2nnc3ccccc32)c1.